The van der Waals surface area contributed by atoms with Gasteiger partial charge in [-0.1, -0.05) is 12.7 Å². The summed E-state index contributed by atoms with van der Waals surface area (Å²) in [4.78, 5) is 23.0. The van der Waals surface area contributed by atoms with Gasteiger partial charge in [-0.3, -0.25) is 9.59 Å². The average molecular weight is 368 g/mol. The summed E-state index contributed by atoms with van der Waals surface area (Å²) in [5, 5.41) is 3.04. The molecule has 4 nitrogen and oxygen atoms in total. The Hall–Kier alpha value is -0.240. The summed E-state index contributed by atoms with van der Waals surface area (Å²) in [6.07, 6.45) is 5.57. The number of ether oxygens (including phenoxy) is 1. The van der Waals surface area contributed by atoms with Crippen molar-refractivity contribution in [2.24, 2.45) is 0 Å². The van der Waals surface area contributed by atoms with Gasteiger partial charge in [-0.25, -0.2) is 0 Å². The molecule has 19 heavy (non-hydrogen) atoms. The first kappa shape index (κ1) is 18.8. The van der Waals surface area contributed by atoms with E-state index in [9.17, 15) is 9.59 Å². The molecule has 0 aliphatic rings. The second-order valence-corrected chi connectivity index (χ2v) is 6.80. The average Bonchev–Trinajstić information content (AvgIpc) is 2.37. The smallest absolute Gasteiger partial charge is 0.323 e. The number of halogens is 1. The Labute approximate surface area is 130 Å². The molecule has 0 bridgehead atoms. The van der Waals surface area contributed by atoms with Crippen LogP contribution in [-0.2, 0) is 14.3 Å². The second kappa shape index (κ2) is 11.6. The molecule has 1 N–H and O–H groups in total. The predicted octanol–water partition coefficient (Wildman–Crippen LogP) is 2.55. The van der Waals surface area contributed by atoms with E-state index in [4.69, 9.17) is 0 Å². The maximum atomic E-state index is 11.6. The minimum absolute atomic E-state index is 0.0187. The molecule has 0 fully saturated rings. The van der Waals surface area contributed by atoms with E-state index < -0.39 is 0 Å². The van der Waals surface area contributed by atoms with Crippen LogP contribution < -0.4 is 5.32 Å². The van der Waals surface area contributed by atoms with Crippen LogP contribution >= 0.6 is 39.5 Å². The summed E-state index contributed by atoms with van der Waals surface area (Å²) >= 11 is 5.91. The van der Waals surface area contributed by atoms with Crippen LogP contribution in [-0.4, -0.2) is 42.8 Å². The summed E-state index contributed by atoms with van der Waals surface area (Å²) in [6, 6.07) is -0.370. The maximum absolute atomic E-state index is 11.6. The Bertz CT molecular complexity index is 348. The highest BCUT2D eigenvalue weighted by Gasteiger charge is 2.18. The first-order valence-corrected chi connectivity index (χ1v) is 8.54. The highest BCUT2D eigenvalue weighted by molar-refractivity contribution is 9.14. The normalized spacial score (nSPS) is 12.9. The monoisotopic (exact) mass is 367 g/mol. The van der Waals surface area contributed by atoms with E-state index in [2.05, 4.69) is 32.6 Å². The molecule has 0 aliphatic carbocycles. The lowest BCUT2D eigenvalue weighted by Crippen LogP contribution is -2.40. The molecule has 0 aromatic rings. The molecular formula is C12H18BrNO3S2. The van der Waals surface area contributed by atoms with Gasteiger partial charge in [0.15, 0.2) is 5.12 Å². The molecule has 0 aromatic heterocycles. The van der Waals surface area contributed by atoms with Gasteiger partial charge in [0.2, 0.25) is 0 Å². The Morgan fingerprint density at radius 1 is 1.53 bits per heavy atom. The van der Waals surface area contributed by atoms with E-state index in [1.165, 1.54) is 7.11 Å². The fraction of sp³-hybridized carbons (Fsp3) is 0.500. The number of hydrogen-bond donors (Lipinski definition) is 1. The number of thioether (sulfide) groups is 2. The van der Waals surface area contributed by atoms with Gasteiger partial charge in [-0.2, -0.15) is 11.8 Å². The Morgan fingerprint density at radius 3 is 2.74 bits per heavy atom. The van der Waals surface area contributed by atoms with Crippen molar-refractivity contribution in [2.75, 3.05) is 25.7 Å². The topological polar surface area (TPSA) is 55.4 Å². The fourth-order valence-corrected chi connectivity index (χ4v) is 3.06. The van der Waals surface area contributed by atoms with Crippen molar-refractivity contribution >= 4 is 50.5 Å². The second-order valence-electron chi connectivity index (χ2n) is 3.42. The summed E-state index contributed by atoms with van der Waals surface area (Å²) in [7, 11) is 1.36. The molecular weight excluding hydrogens is 350 g/mol. The van der Waals surface area contributed by atoms with Gasteiger partial charge in [-0.15, -0.1) is 0 Å². The SMILES string of the molecule is C=C/C=C(/Br)SC(=O)CCNC(CSC)C(=O)OC. The lowest BCUT2D eigenvalue weighted by molar-refractivity contribution is -0.142. The molecule has 7 heteroatoms. The molecule has 0 spiro atoms. The van der Waals surface area contributed by atoms with Crippen LogP contribution in [0.3, 0.4) is 0 Å². The van der Waals surface area contributed by atoms with E-state index in [0.29, 0.717) is 18.7 Å². The van der Waals surface area contributed by atoms with Crippen LogP contribution in [0.1, 0.15) is 6.42 Å². The molecule has 108 valence electrons. The molecule has 1 unspecified atom stereocenters. The van der Waals surface area contributed by atoms with Crippen molar-refractivity contribution in [3.8, 4) is 0 Å². The highest BCUT2D eigenvalue weighted by atomic mass is 79.9. The summed E-state index contributed by atoms with van der Waals surface area (Å²) < 4.78 is 5.41. The number of nitrogens with one attached hydrogen (secondary N) is 1. The molecule has 0 rings (SSSR count). The summed E-state index contributed by atoms with van der Waals surface area (Å²) in [5.41, 5.74) is 0. The van der Waals surface area contributed by atoms with Crippen LogP contribution in [0.5, 0.6) is 0 Å². The van der Waals surface area contributed by atoms with E-state index in [-0.39, 0.29) is 17.1 Å². The highest BCUT2D eigenvalue weighted by Crippen LogP contribution is 2.23. The first-order chi connectivity index (χ1) is 9.04. The summed E-state index contributed by atoms with van der Waals surface area (Å²) in [6.45, 7) is 3.99. The minimum atomic E-state index is -0.370. The third kappa shape index (κ3) is 9.32. The number of rotatable bonds is 9. The van der Waals surface area contributed by atoms with Crippen LogP contribution in [0.15, 0.2) is 22.5 Å². The third-order valence-corrected chi connectivity index (χ3v) is 4.18. The van der Waals surface area contributed by atoms with E-state index in [1.807, 2.05) is 6.26 Å². The van der Waals surface area contributed by atoms with E-state index >= 15 is 0 Å². The van der Waals surface area contributed by atoms with Gasteiger partial charge in [0.1, 0.15) is 6.04 Å². The zero-order chi connectivity index (χ0) is 14.7. The van der Waals surface area contributed by atoms with Crippen LogP contribution in [0, 0.1) is 0 Å². The molecule has 0 saturated heterocycles. The van der Waals surface area contributed by atoms with E-state index in [1.54, 1.807) is 23.9 Å². The number of esters is 1. The van der Waals surface area contributed by atoms with Gasteiger partial charge in [0, 0.05) is 18.7 Å². The van der Waals surface area contributed by atoms with Crippen molar-refractivity contribution < 1.29 is 14.3 Å². The lowest BCUT2D eigenvalue weighted by Gasteiger charge is -2.14. The van der Waals surface area contributed by atoms with Gasteiger partial charge in [0.05, 0.1) is 10.9 Å². The number of allylic oxidation sites excluding steroid dienone is 2. The van der Waals surface area contributed by atoms with Crippen LogP contribution in [0.2, 0.25) is 0 Å². The number of carbonyl (C=O) groups excluding carboxylic acids is 2. The zero-order valence-electron chi connectivity index (χ0n) is 11.0. The lowest BCUT2D eigenvalue weighted by atomic mass is 10.3. The van der Waals surface area contributed by atoms with E-state index in [0.717, 1.165) is 15.6 Å². The molecule has 0 heterocycles. The number of methoxy groups -OCH3 is 1. The molecule has 1 atom stereocenters. The van der Waals surface area contributed by atoms with Crippen LogP contribution in [0.4, 0.5) is 0 Å². The Kier molecular flexibility index (Phi) is 11.4. The van der Waals surface area contributed by atoms with Crippen molar-refractivity contribution in [3.63, 3.8) is 0 Å². The zero-order valence-corrected chi connectivity index (χ0v) is 14.2. The third-order valence-electron chi connectivity index (χ3n) is 2.00. The van der Waals surface area contributed by atoms with Crippen LogP contribution in [0.25, 0.3) is 0 Å². The fourth-order valence-electron chi connectivity index (χ4n) is 1.15. The van der Waals surface area contributed by atoms with Crippen molar-refractivity contribution in [1.29, 1.82) is 0 Å². The van der Waals surface area contributed by atoms with Crippen molar-refractivity contribution in [1.82, 2.24) is 5.32 Å². The molecule has 0 radical (unpaired) electrons. The van der Waals surface area contributed by atoms with Gasteiger partial charge >= 0.3 is 5.97 Å². The first-order valence-electron chi connectivity index (χ1n) is 5.54. The largest absolute Gasteiger partial charge is 0.468 e. The number of carbonyl (C=O) groups is 2. The molecule has 0 saturated carbocycles. The van der Waals surface area contributed by atoms with Crippen molar-refractivity contribution in [3.05, 3.63) is 22.5 Å². The minimum Gasteiger partial charge on any atom is -0.468 e. The Balaban J connectivity index is 4.04. The molecule has 0 aromatic carbocycles. The standard InChI is InChI=1S/C12H18BrNO3S2/c1-4-5-10(13)19-11(15)6-7-14-9(8-18-3)12(16)17-2/h4-5,9,14H,1,6-8H2,2-3H3/b10-5-. The van der Waals surface area contributed by atoms with Gasteiger partial charge in [0.25, 0.3) is 0 Å². The Morgan fingerprint density at radius 2 is 2.21 bits per heavy atom. The number of hydrogen-bond acceptors (Lipinski definition) is 6. The molecule has 0 amide bonds. The maximum Gasteiger partial charge on any atom is 0.323 e. The quantitative estimate of drug-likeness (QED) is 0.499. The predicted molar refractivity (Wildman–Crippen MR) is 86.6 cm³/mol. The summed E-state index contributed by atoms with van der Waals surface area (Å²) in [5.74, 6) is 0.316. The van der Waals surface area contributed by atoms with Gasteiger partial charge < -0.3 is 10.1 Å². The molecule has 0 aliphatic heterocycles. The van der Waals surface area contributed by atoms with Gasteiger partial charge in [-0.05, 0) is 40.0 Å². The van der Waals surface area contributed by atoms with Crippen molar-refractivity contribution in [2.45, 2.75) is 12.5 Å².